The fraction of sp³-hybridized carbons (Fsp3) is 0.429. The Morgan fingerprint density at radius 1 is 1.53 bits per heavy atom. The number of hydrogen-bond acceptors (Lipinski definition) is 3. The molecule has 1 fully saturated rings. The molecule has 2 amide bonds. The second-order valence-electron chi connectivity index (χ2n) is 4.54. The molecule has 5 nitrogen and oxygen atoms in total. The van der Waals surface area contributed by atoms with Crippen LogP contribution in [0.3, 0.4) is 0 Å². The molecule has 0 N–H and O–H groups in total. The van der Waals surface area contributed by atoms with E-state index in [1.165, 1.54) is 0 Å². The van der Waals surface area contributed by atoms with Gasteiger partial charge in [-0.2, -0.15) is 5.26 Å². The summed E-state index contributed by atoms with van der Waals surface area (Å²) in [4.78, 5) is 15.5. The molecule has 5 heteroatoms. The van der Waals surface area contributed by atoms with Crippen molar-refractivity contribution in [1.29, 1.82) is 5.26 Å². The Kier molecular flexibility index (Phi) is 3.91. The summed E-state index contributed by atoms with van der Waals surface area (Å²) in [6.45, 7) is 1.10. The molecule has 1 aromatic rings. The molecule has 1 saturated heterocycles. The monoisotopic (exact) mass is 259 g/mol. The second-order valence-corrected chi connectivity index (χ2v) is 4.54. The number of carbonyl (C=O) groups is 1. The Morgan fingerprint density at radius 2 is 2.32 bits per heavy atom. The molecule has 1 aliphatic heterocycles. The van der Waals surface area contributed by atoms with Crippen LogP contribution in [0.1, 0.15) is 18.0 Å². The van der Waals surface area contributed by atoms with E-state index in [1.807, 2.05) is 24.3 Å². The van der Waals surface area contributed by atoms with Crippen LogP contribution in [0.4, 0.5) is 4.79 Å². The van der Waals surface area contributed by atoms with E-state index in [-0.39, 0.29) is 12.1 Å². The molecule has 0 aliphatic carbocycles. The van der Waals surface area contributed by atoms with Crippen LogP contribution in [-0.4, -0.2) is 43.1 Å². The molecule has 0 spiro atoms. The highest BCUT2D eigenvalue weighted by Crippen LogP contribution is 2.29. The Balaban J connectivity index is 2.17. The first-order valence-electron chi connectivity index (χ1n) is 6.20. The lowest BCUT2D eigenvalue weighted by Crippen LogP contribution is -2.30. The number of rotatable bonds is 4. The Morgan fingerprint density at radius 3 is 3.00 bits per heavy atom. The summed E-state index contributed by atoms with van der Waals surface area (Å²) in [5.74, 6) is 0.786. The summed E-state index contributed by atoms with van der Waals surface area (Å²) in [6, 6.07) is 9.80. The third-order valence-corrected chi connectivity index (χ3v) is 3.41. The average Bonchev–Trinajstić information content (AvgIpc) is 2.73. The van der Waals surface area contributed by atoms with Gasteiger partial charge in [0.1, 0.15) is 5.75 Å². The summed E-state index contributed by atoms with van der Waals surface area (Å²) in [6.07, 6.45) is 0.365. The third-order valence-electron chi connectivity index (χ3n) is 3.41. The smallest absolute Gasteiger partial charge is 0.320 e. The maximum Gasteiger partial charge on any atom is 0.320 e. The van der Waals surface area contributed by atoms with Crippen molar-refractivity contribution in [1.82, 2.24) is 9.80 Å². The Labute approximate surface area is 113 Å². The topological polar surface area (TPSA) is 56.6 Å². The normalized spacial score (nSPS) is 18.6. The lowest BCUT2D eigenvalue weighted by Gasteiger charge is -2.18. The SMILES string of the molecule is COc1cccc(C2CN(CCC#N)C(=O)N2C)c1. The Bertz CT molecular complexity index is 510. The van der Waals surface area contributed by atoms with E-state index in [0.29, 0.717) is 19.5 Å². The van der Waals surface area contributed by atoms with Gasteiger partial charge in [-0.05, 0) is 17.7 Å². The minimum absolute atomic E-state index is 0.0151. The predicted octanol–water partition coefficient (Wildman–Crippen LogP) is 2.02. The van der Waals surface area contributed by atoms with Crippen molar-refractivity contribution in [3.8, 4) is 11.8 Å². The van der Waals surface area contributed by atoms with Gasteiger partial charge >= 0.3 is 6.03 Å². The van der Waals surface area contributed by atoms with E-state index >= 15 is 0 Å². The molecular formula is C14H17N3O2. The largest absolute Gasteiger partial charge is 0.497 e. The van der Waals surface area contributed by atoms with Crippen LogP contribution in [0.2, 0.25) is 0 Å². The molecule has 100 valence electrons. The summed E-state index contributed by atoms with van der Waals surface area (Å²) >= 11 is 0. The average molecular weight is 259 g/mol. The van der Waals surface area contributed by atoms with E-state index in [1.54, 1.807) is 24.0 Å². The highest BCUT2D eigenvalue weighted by atomic mass is 16.5. The molecule has 1 unspecified atom stereocenters. The van der Waals surface area contributed by atoms with Gasteiger partial charge in [-0.3, -0.25) is 0 Å². The van der Waals surface area contributed by atoms with E-state index in [4.69, 9.17) is 10.00 Å². The van der Waals surface area contributed by atoms with Crippen LogP contribution in [0.5, 0.6) is 5.75 Å². The van der Waals surface area contributed by atoms with Crippen LogP contribution in [0, 0.1) is 11.3 Å². The number of ether oxygens (including phenoxy) is 1. The fourth-order valence-electron chi connectivity index (χ4n) is 2.32. The zero-order valence-electron chi connectivity index (χ0n) is 11.2. The number of urea groups is 1. The van der Waals surface area contributed by atoms with Gasteiger partial charge in [0.25, 0.3) is 0 Å². The number of methoxy groups -OCH3 is 1. The van der Waals surface area contributed by atoms with E-state index < -0.39 is 0 Å². The van der Waals surface area contributed by atoms with Crippen LogP contribution in [0.25, 0.3) is 0 Å². The van der Waals surface area contributed by atoms with E-state index in [0.717, 1.165) is 11.3 Å². The molecule has 19 heavy (non-hydrogen) atoms. The summed E-state index contributed by atoms with van der Waals surface area (Å²) in [5, 5.41) is 8.61. The van der Waals surface area contributed by atoms with Crippen molar-refractivity contribution in [2.45, 2.75) is 12.5 Å². The lowest BCUT2D eigenvalue weighted by molar-refractivity contribution is 0.196. The maximum atomic E-state index is 12.1. The zero-order valence-corrected chi connectivity index (χ0v) is 11.2. The minimum atomic E-state index is -0.0249. The quantitative estimate of drug-likeness (QED) is 0.831. The second kappa shape index (κ2) is 5.61. The number of hydrogen-bond donors (Lipinski definition) is 0. The fourth-order valence-corrected chi connectivity index (χ4v) is 2.32. The number of carbonyl (C=O) groups excluding carboxylic acids is 1. The molecule has 0 saturated carbocycles. The highest BCUT2D eigenvalue weighted by Gasteiger charge is 2.35. The first-order chi connectivity index (χ1) is 9.17. The van der Waals surface area contributed by atoms with Gasteiger partial charge < -0.3 is 14.5 Å². The minimum Gasteiger partial charge on any atom is -0.497 e. The lowest BCUT2D eigenvalue weighted by atomic mass is 10.1. The number of nitrogens with zero attached hydrogens (tertiary/aromatic N) is 3. The van der Waals surface area contributed by atoms with Crippen LogP contribution < -0.4 is 4.74 Å². The number of nitriles is 1. The molecule has 2 rings (SSSR count). The van der Waals surface area contributed by atoms with Gasteiger partial charge in [0.05, 0.1) is 25.6 Å². The van der Waals surface area contributed by atoms with Gasteiger partial charge in [0.15, 0.2) is 0 Å². The maximum absolute atomic E-state index is 12.1. The molecule has 0 aromatic heterocycles. The van der Waals surface area contributed by atoms with Gasteiger partial charge in [0, 0.05) is 20.1 Å². The van der Waals surface area contributed by atoms with Gasteiger partial charge in [-0.1, -0.05) is 12.1 Å². The van der Waals surface area contributed by atoms with Crippen molar-refractivity contribution >= 4 is 6.03 Å². The van der Waals surface area contributed by atoms with Crippen molar-refractivity contribution in [3.63, 3.8) is 0 Å². The Hall–Kier alpha value is -2.22. The zero-order chi connectivity index (χ0) is 13.8. The van der Waals surface area contributed by atoms with Crippen LogP contribution >= 0.6 is 0 Å². The first kappa shape index (κ1) is 13.2. The summed E-state index contributed by atoms with van der Waals surface area (Å²) < 4.78 is 5.21. The highest BCUT2D eigenvalue weighted by molar-refractivity contribution is 5.77. The predicted molar refractivity (Wildman–Crippen MR) is 70.7 cm³/mol. The van der Waals surface area contributed by atoms with Crippen molar-refractivity contribution in [2.75, 3.05) is 27.2 Å². The number of likely N-dealkylation sites (N-methyl/N-ethyl adjacent to an activating group) is 1. The molecule has 1 atom stereocenters. The van der Waals surface area contributed by atoms with E-state index in [2.05, 4.69) is 6.07 Å². The first-order valence-corrected chi connectivity index (χ1v) is 6.20. The molecule has 0 bridgehead atoms. The molecule has 1 aliphatic rings. The summed E-state index contributed by atoms with van der Waals surface area (Å²) in [7, 11) is 3.42. The molecule has 0 radical (unpaired) electrons. The van der Waals surface area contributed by atoms with Crippen LogP contribution in [-0.2, 0) is 0 Å². The van der Waals surface area contributed by atoms with Crippen molar-refractivity contribution < 1.29 is 9.53 Å². The van der Waals surface area contributed by atoms with Gasteiger partial charge in [-0.25, -0.2) is 4.79 Å². The standard InChI is InChI=1S/C14H17N3O2/c1-16-13(10-17(14(16)18)8-4-7-15)11-5-3-6-12(9-11)19-2/h3,5-6,9,13H,4,8,10H2,1-2H3. The number of amides is 2. The molecule has 1 aromatic carbocycles. The third kappa shape index (κ3) is 2.63. The van der Waals surface area contributed by atoms with E-state index in [9.17, 15) is 4.79 Å². The molecular weight excluding hydrogens is 242 g/mol. The van der Waals surface area contributed by atoms with Gasteiger partial charge in [-0.15, -0.1) is 0 Å². The summed E-state index contributed by atoms with van der Waals surface area (Å²) in [5.41, 5.74) is 1.05. The van der Waals surface area contributed by atoms with Crippen molar-refractivity contribution in [2.24, 2.45) is 0 Å². The molecule has 1 heterocycles. The van der Waals surface area contributed by atoms with Crippen molar-refractivity contribution in [3.05, 3.63) is 29.8 Å². The van der Waals surface area contributed by atoms with Gasteiger partial charge in [0.2, 0.25) is 0 Å². The number of benzene rings is 1. The van der Waals surface area contributed by atoms with Crippen LogP contribution in [0.15, 0.2) is 24.3 Å².